The molecule has 0 saturated carbocycles. The normalized spacial score (nSPS) is 18.8. The van der Waals surface area contributed by atoms with Gasteiger partial charge in [-0.1, -0.05) is 19.1 Å². The lowest BCUT2D eigenvalue weighted by Crippen LogP contribution is -2.36. The summed E-state index contributed by atoms with van der Waals surface area (Å²) in [5.41, 5.74) is 9.13. The average molecular weight is 291 g/mol. The minimum absolute atomic E-state index is 0.0517. The van der Waals surface area contributed by atoms with E-state index in [1.54, 1.807) is 6.08 Å². The molecule has 0 bridgehead atoms. The van der Waals surface area contributed by atoms with Crippen LogP contribution in [0.5, 0.6) is 0 Å². The van der Waals surface area contributed by atoms with E-state index >= 15 is 0 Å². The van der Waals surface area contributed by atoms with Gasteiger partial charge in [-0.15, -0.1) is 0 Å². The fourth-order valence-corrected chi connectivity index (χ4v) is 2.21. The molecule has 0 aromatic rings. The number of carbonyl (C=O) groups is 1. The Hall–Kier alpha value is -1.55. The van der Waals surface area contributed by atoms with Gasteiger partial charge in [-0.25, -0.2) is 0 Å². The van der Waals surface area contributed by atoms with Crippen LogP contribution in [0.2, 0.25) is 0 Å². The third kappa shape index (κ3) is 4.46. The van der Waals surface area contributed by atoms with Gasteiger partial charge in [0.25, 0.3) is 5.91 Å². The van der Waals surface area contributed by atoms with E-state index in [-0.39, 0.29) is 11.9 Å². The van der Waals surface area contributed by atoms with Gasteiger partial charge in [-0.05, 0) is 59.0 Å². The van der Waals surface area contributed by atoms with Crippen molar-refractivity contribution in [3.05, 3.63) is 35.1 Å². The number of likely N-dealkylation sites (tertiary alicyclic amines) is 1. The summed E-state index contributed by atoms with van der Waals surface area (Å²) < 4.78 is 0. The number of hydrogen-bond donors (Lipinski definition) is 1. The molecule has 1 atom stereocenters. The number of hydrogen-bond acceptors (Lipinski definition) is 3. The van der Waals surface area contributed by atoms with Crippen molar-refractivity contribution < 1.29 is 4.79 Å². The Labute approximate surface area is 129 Å². The fraction of sp³-hybridized carbons (Fsp3) is 0.588. The van der Waals surface area contributed by atoms with Gasteiger partial charge < -0.3 is 15.5 Å². The van der Waals surface area contributed by atoms with Crippen LogP contribution in [0.25, 0.3) is 0 Å². The molecule has 1 aliphatic rings. The first-order valence-electron chi connectivity index (χ1n) is 7.60. The summed E-state index contributed by atoms with van der Waals surface area (Å²) in [6, 6.07) is 0.210. The van der Waals surface area contributed by atoms with E-state index in [9.17, 15) is 4.79 Å². The summed E-state index contributed by atoms with van der Waals surface area (Å²) >= 11 is 0. The lowest BCUT2D eigenvalue weighted by Gasteiger charge is -2.25. The predicted octanol–water partition coefficient (Wildman–Crippen LogP) is 2.29. The van der Waals surface area contributed by atoms with Crippen molar-refractivity contribution in [1.29, 1.82) is 0 Å². The molecular weight excluding hydrogens is 262 g/mol. The third-order valence-electron chi connectivity index (χ3n) is 4.11. The maximum atomic E-state index is 12.5. The van der Waals surface area contributed by atoms with E-state index in [1.807, 2.05) is 18.7 Å². The first-order chi connectivity index (χ1) is 9.77. The molecule has 21 heavy (non-hydrogen) atoms. The Bertz CT molecular complexity index is 472. The summed E-state index contributed by atoms with van der Waals surface area (Å²) in [6.45, 7) is 14.8. The molecule has 0 aromatic heterocycles. The van der Waals surface area contributed by atoms with Crippen LogP contribution in [0.4, 0.5) is 0 Å². The van der Waals surface area contributed by atoms with Crippen molar-refractivity contribution in [2.75, 3.05) is 26.7 Å². The summed E-state index contributed by atoms with van der Waals surface area (Å²) in [5.74, 6) is 0.0517. The minimum atomic E-state index is 0.0517. The zero-order valence-electron chi connectivity index (χ0n) is 14.1. The SMILES string of the molecule is C=C1CN(C(C)CCN(C)CC)C(=O)/C1=C/C(N)=C(C)C. The Morgan fingerprint density at radius 3 is 2.67 bits per heavy atom. The second-order valence-corrected chi connectivity index (χ2v) is 6.08. The number of carbonyl (C=O) groups excluding carboxylic acids is 1. The minimum Gasteiger partial charge on any atom is -0.399 e. The highest BCUT2D eigenvalue weighted by Crippen LogP contribution is 2.26. The first-order valence-corrected chi connectivity index (χ1v) is 7.60. The van der Waals surface area contributed by atoms with Crippen molar-refractivity contribution in [3.8, 4) is 0 Å². The molecule has 1 unspecified atom stereocenters. The lowest BCUT2D eigenvalue weighted by atomic mass is 10.1. The van der Waals surface area contributed by atoms with E-state index in [2.05, 4.69) is 32.4 Å². The molecule has 2 N–H and O–H groups in total. The van der Waals surface area contributed by atoms with Crippen molar-refractivity contribution in [2.45, 2.75) is 40.2 Å². The van der Waals surface area contributed by atoms with Crippen molar-refractivity contribution in [2.24, 2.45) is 5.73 Å². The molecule has 1 saturated heterocycles. The second kappa shape index (κ2) is 7.46. The van der Waals surface area contributed by atoms with E-state index in [4.69, 9.17) is 5.73 Å². The quantitative estimate of drug-likeness (QED) is 0.764. The first kappa shape index (κ1) is 17.5. The number of nitrogens with two attached hydrogens (primary N) is 1. The van der Waals surface area contributed by atoms with Crippen LogP contribution >= 0.6 is 0 Å². The molecule has 0 radical (unpaired) electrons. The molecule has 0 spiro atoms. The summed E-state index contributed by atoms with van der Waals surface area (Å²) in [7, 11) is 2.10. The van der Waals surface area contributed by atoms with E-state index in [0.717, 1.165) is 30.7 Å². The zero-order chi connectivity index (χ0) is 16.2. The molecule has 0 aliphatic carbocycles. The van der Waals surface area contributed by atoms with Crippen LogP contribution in [0, 0.1) is 0 Å². The van der Waals surface area contributed by atoms with Crippen molar-refractivity contribution in [1.82, 2.24) is 9.80 Å². The number of rotatable bonds is 6. The maximum absolute atomic E-state index is 12.5. The molecular formula is C17H29N3O. The third-order valence-corrected chi connectivity index (χ3v) is 4.11. The van der Waals surface area contributed by atoms with Gasteiger partial charge >= 0.3 is 0 Å². The molecule has 4 nitrogen and oxygen atoms in total. The smallest absolute Gasteiger partial charge is 0.254 e. The monoisotopic (exact) mass is 291 g/mol. The van der Waals surface area contributed by atoms with Gasteiger partial charge in [-0.2, -0.15) is 0 Å². The molecule has 1 rings (SSSR count). The van der Waals surface area contributed by atoms with Gasteiger partial charge in [-0.3, -0.25) is 4.79 Å². The van der Waals surface area contributed by atoms with Crippen LogP contribution in [-0.4, -0.2) is 48.4 Å². The zero-order valence-corrected chi connectivity index (χ0v) is 14.1. The summed E-state index contributed by atoms with van der Waals surface area (Å²) in [5, 5.41) is 0. The van der Waals surface area contributed by atoms with Gasteiger partial charge in [0.05, 0.1) is 0 Å². The van der Waals surface area contributed by atoms with Gasteiger partial charge in [0.2, 0.25) is 0 Å². The fourth-order valence-electron chi connectivity index (χ4n) is 2.21. The van der Waals surface area contributed by atoms with E-state index in [0.29, 0.717) is 17.8 Å². The second-order valence-electron chi connectivity index (χ2n) is 6.08. The Balaban J connectivity index is 2.79. The molecule has 1 aliphatic heterocycles. The topological polar surface area (TPSA) is 49.6 Å². The van der Waals surface area contributed by atoms with Crippen LogP contribution in [0.15, 0.2) is 35.1 Å². The highest BCUT2D eigenvalue weighted by atomic mass is 16.2. The molecule has 1 heterocycles. The van der Waals surface area contributed by atoms with Crippen molar-refractivity contribution >= 4 is 5.91 Å². The highest BCUT2D eigenvalue weighted by Gasteiger charge is 2.32. The molecule has 0 aromatic carbocycles. The molecule has 118 valence electrons. The summed E-state index contributed by atoms with van der Waals surface area (Å²) in [4.78, 5) is 16.7. The largest absolute Gasteiger partial charge is 0.399 e. The molecule has 1 amide bonds. The van der Waals surface area contributed by atoms with E-state index in [1.165, 1.54) is 0 Å². The Morgan fingerprint density at radius 2 is 2.14 bits per heavy atom. The number of amides is 1. The predicted molar refractivity (Wildman–Crippen MR) is 88.7 cm³/mol. The Kier molecular flexibility index (Phi) is 6.21. The van der Waals surface area contributed by atoms with Crippen LogP contribution < -0.4 is 5.73 Å². The van der Waals surface area contributed by atoms with Crippen LogP contribution in [-0.2, 0) is 4.79 Å². The average Bonchev–Trinajstić information content (AvgIpc) is 2.72. The Morgan fingerprint density at radius 1 is 1.52 bits per heavy atom. The number of allylic oxidation sites excluding steroid dienone is 2. The van der Waals surface area contributed by atoms with Gasteiger partial charge in [0.1, 0.15) is 0 Å². The van der Waals surface area contributed by atoms with E-state index < -0.39 is 0 Å². The summed E-state index contributed by atoms with van der Waals surface area (Å²) in [6.07, 6.45) is 2.74. The van der Waals surface area contributed by atoms with Crippen LogP contribution in [0.3, 0.4) is 0 Å². The lowest BCUT2D eigenvalue weighted by molar-refractivity contribution is -0.126. The van der Waals surface area contributed by atoms with Crippen LogP contribution in [0.1, 0.15) is 34.1 Å². The van der Waals surface area contributed by atoms with Gasteiger partial charge in [0.15, 0.2) is 0 Å². The highest BCUT2D eigenvalue weighted by molar-refractivity contribution is 6.01. The molecule has 1 fully saturated rings. The maximum Gasteiger partial charge on any atom is 0.254 e. The van der Waals surface area contributed by atoms with Gasteiger partial charge in [0, 0.05) is 23.9 Å². The van der Waals surface area contributed by atoms with Crippen molar-refractivity contribution in [3.63, 3.8) is 0 Å². The standard InChI is InChI=1S/C17H29N3O/c1-7-19(6)9-8-14(5)20-11-13(4)15(17(20)21)10-16(18)12(2)3/h10,14H,4,7-9,11,18H2,1-3,5-6H3/b15-10+. The molecule has 4 heteroatoms. The number of nitrogens with zero attached hydrogens (tertiary/aromatic N) is 2.